The van der Waals surface area contributed by atoms with Gasteiger partial charge in [0.15, 0.2) is 0 Å². The van der Waals surface area contributed by atoms with E-state index >= 15 is 0 Å². The Labute approximate surface area is 81.6 Å². The van der Waals surface area contributed by atoms with Crippen LogP contribution in [0.5, 0.6) is 0 Å². The standard InChI is InChI=1S/C7H11Cl2NO2/c1-2-3-4-10(7(9)12)6(11)5-8/h2-5H2,1H3. The van der Waals surface area contributed by atoms with Gasteiger partial charge in [-0.25, -0.2) is 0 Å². The first-order valence-corrected chi connectivity index (χ1v) is 4.60. The number of hydrogen-bond donors (Lipinski definition) is 0. The fourth-order valence-electron chi connectivity index (χ4n) is 0.699. The number of hydrogen-bond acceptors (Lipinski definition) is 2. The lowest BCUT2D eigenvalue weighted by molar-refractivity contribution is -0.125. The Hall–Kier alpha value is -0.280. The first kappa shape index (κ1) is 11.7. The molecular formula is C7H11Cl2NO2. The van der Waals surface area contributed by atoms with Crippen LogP contribution in [0.4, 0.5) is 4.79 Å². The molecule has 2 amide bonds. The largest absolute Gasteiger partial charge is 0.323 e. The monoisotopic (exact) mass is 211 g/mol. The maximum Gasteiger partial charge on any atom is 0.323 e. The average molecular weight is 212 g/mol. The molecule has 0 aliphatic carbocycles. The van der Waals surface area contributed by atoms with Gasteiger partial charge in [0.25, 0.3) is 0 Å². The van der Waals surface area contributed by atoms with Crippen molar-refractivity contribution in [2.75, 3.05) is 12.4 Å². The summed E-state index contributed by atoms with van der Waals surface area (Å²) in [6, 6.07) is 0. The van der Waals surface area contributed by atoms with Crippen LogP contribution in [0.3, 0.4) is 0 Å². The molecule has 0 rings (SSSR count). The van der Waals surface area contributed by atoms with Gasteiger partial charge >= 0.3 is 5.37 Å². The van der Waals surface area contributed by atoms with Crippen molar-refractivity contribution in [1.29, 1.82) is 0 Å². The van der Waals surface area contributed by atoms with E-state index in [1.165, 1.54) is 0 Å². The van der Waals surface area contributed by atoms with E-state index in [9.17, 15) is 9.59 Å². The van der Waals surface area contributed by atoms with Crippen LogP contribution in [-0.4, -0.2) is 28.6 Å². The minimum Gasteiger partial charge on any atom is -0.273 e. The normalized spacial score (nSPS) is 9.58. The predicted octanol–water partition coefficient (Wildman–Crippen LogP) is 2.21. The number of unbranched alkanes of at least 4 members (excludes halogenated alkanes) is 1. The number of halogens is 2. The number of imide groups is 1. The van der Waals surface area contributed by atoms with Gasteiger partial charge in [-0.2, -0.15) is 0 Å². The number of carbonyl (C=O) groups is 2. The summed E-state index contributed by atoms with van der Waals surface area (Å²) in [5, 5.41) is -0.755. The van der Waals surface area contributed by atoms with Crippen LogP contribution in [0.25, 0.3) is 0 Å². The summed E-state index contributed by atoms with van der Waals surface area (Å²) in [6.07, 6.45) is 1.65. The van der Waals surface area contributed by atoms with Crippen LogP contribution >= 0.6 is 23.2 Å². The molecule has 0 heterocycles. The highest BCUT2D eigenvalue weighted by molar-refractivity contribution is 6.64. The first-order valence-electron chi connectivity index (χ1n) is 3.69. The minimum absolute atomic E-state index is 0.206. The summed E-state index contributed by atoms with van der Waals surface area (Å²) in [6.45, 7) is 2.31. The third-order valence-corrected chi connectivity index (χ3v) is 1.80. The third-order valence-electron chi connectivity index (χ3n) is 1.36. The van der Waals surface area contributed by atoms with Crippen molar-refractivity contribution >= 4 is 34.5 Å². The molecule has 3 nitrogen and oxygen atoms in total. The molecule has 0 saturated heterocycles. The summed E-state index contributed by atoms with van der Waals surface area (Å²) in [5.74, 6) is -0.646. The lowest BCUT2D eigenvalue weighted by Gasteiger charge is -2.15. The van der Waals surface area contributed by atoms with Crippen LogP contribution in [0.1, 0.15) is 19.8 Å². The van der Waals surface area contributed by atoms with Crippen molar-refractivity contribution in [2.45, 2.75) is 19.8 Å². The Kier molecular flexibility index (Phi) is 6.11. The minimum atomic E-state index is -0.755. The Bertz CT molecular complexity index is 173. The van der Waals surface area contributed by atoms with Crippen molar-refractivity contribution in [3.63, 3.8) is 0 Å². The summed E-state index contributed by atoms with van der Waals surface area (Å²) in [4.78, 5) is 22.6. The summed E-state index contributed by atoms with van der Waals surface area (Å²) in [7, 11) is 0. The molecule has 0 aromatic carbocycles. The second-order valence-corrected chi connectivity index (χ2v) is 2.88. The number of carbonyl (C=O) groups excluding carboxylic acids is 2. The number of alkyl halides is 1. The third kappa shape index (κ3) is 3.93. The quantitative estimate of drug-likeness (QED) is 0.407. The smallest absolute Gasteiger partial charge is 0.273 e. The number of rotatable bonds is 4. The van der Waals surface area contributed by atoms with Crippen molar-refractivity contribution in [2.24, 2.45) is 0 Å². The molecule has 12 heavy (non-hydrogen) atoms. The Morgan fingerprint density at radius 3 is 2.33 bits per heavy atom. The lowest BCUT2D eigenvalue weighted by Crippen LogP contribution is -2.34. The molecule has 0 saturated carbocycles. The van der Waals surface area contributed by atoms with Gasteiger partial charge in [-0.15, -0.1) is 11.6 Å². The summed E-state index contributed by atoms with van der Waals surface area (Å²) >= 11 is 10.4. The Balaban J connectivity index is 4.04. The zero-order valence-corrected chi connectivity index (χ0v) is 8.36. The second kappa shape index (κ2) is 6.26. The summed E-state index contributed by atoms with van der Waals surface area (Å²) < 4.78 is 0. The second-order valence-electron chi connectivity index (χ2n) is 2.29. The molecule has 0 spiro atoms. The van der Waals surface area contributed by atoms with E-state index < -0.39 is 11.3 Å². The molecular weight excluding hydrogens is 201 g/mol. The van der Waals surface area contributed by atoms with Gasteiger partial charge in [0, 0.05) is 6.54 Å². The zero-order chi connectivity index (χ0) is 9.56. The SMILES string of the molecule is CCCCN(C(=O)Cl)C(=O)CCl. The molecule has 0 unspecified atom stereocenters. The number of amides is 2. The van der Waals surface area contributed by atoms with E-state index in [2.05, 4.69) is 0 Å². The molecule has 0 aromatic heterocycles. The molecule has 0 atom stereocenters. The molecule has 0 aliphatic rings. The Morgan fingerprint density at radius 2 is 2.00 bits per heavy atom. The highest BCUT2D eigenvalue weighted by atomic mass is 35.5. The van der Waals surface area contributed by atoms with Crippen molar-refractivity contribution < 1.29 is 9.59 Å². The summed E-state index contributed by atoms with van der Waals surface area (Å²) in [5.41, 5.74) is 0. The number of nitrogens with zero attached hydrogens (tertiary/aromatic N) is 1. The molecule has 0 aromatic rings. The molecule has 70 valence electrons. The average Bonchev–Trinajstić information content (AvgIpc) is 2.04. The lowest BCUT2D eigenvalue weighted by atomic mass is 10.3. The van der Waals surface area contributed by atoms with E-state index in [-0.39, 0.29) is 5.88 Å². The predicted molar refractivity (Wildman–Crippen MR) is 48.6 cm³/mol. The van der Waals surface area contributed by atoms with Crippen LogP contribution < -0.4 is 0 Å². The van der Waals surface area contributed by atoms with Gasteiger partial charge < -0.3 is 0 Å². The maximum absolute atomic E-state index is 10.9. The van der Waals surface area contributed by atoms with Gasteiger partial charge in [0.05, 0.1) is 0 Å². The van der Waals surface area contributed by atoms with Crippen molar-refractivity contribution in [3.05, 3.63) is 0 Å². The molecule has 0 fully saturated rings. The van der Waals surface area contributed by atoms with E-state index in [1.807, 2.05) is 6.92 Å². The van der Waals surface area contributed by atoms with E-state index in [4.69, 9.17) is 23.2 Å². The van der Waals surface area contributed by atoms with Crippen LogP contribution in [0.15, 0.2) is 0 Å². The van der Waals surface area contributed by atoms with E-state index in [0.717, 1.165) is 17.7 Å². The zero-order valence-electron chi connectivity index (χ0n) is 6.85. The molecule has 5 heteroatoms. The fraction of sp³-hybridized carbons (Fsp3) is 0.714. The van der Waals surface area contributed by atoms with Gasteiger partial charge in [0.2, 0.25) is 5.91 Å². The topological polar surface area (TPSA) is 37.4 Å². The van der Waals surface area contributed by atoms with Gasteiger partial charge in [-0.05, 0) is 18.0 Å². The van der Waals surface area contributed by atoms with Crippen LogP contribution in [0, 0.1) is 0 Å². The van der Waals surface area contributed by atoms with Crippen LogP contribution in [-0.2, 0) is 4.79 Å². The fourth-order valence-corrected chi connectivity index (χ4v) is 1.02. The molecule has 0 N–H and O–H groups in total. The van der Waals surface area contributed by atoms with Crippen molar-refractivity contribution in [1.82, 2.24) is 4.90 Å². The van der Waals surface area contributed by atoms with Gasteiger partial charge in [0.1, 0.15) is 5.88 Å². The van der Waals surface area contributed by atoms with Gasteiger partial charge in [-0.1, -0.05) is 13.3 Å². The van der Waals surface area contributed by atoms with Crippen LogP contribution in [0.2, 0.25) is 0 Å². The maximum atomic E-state index is 10.9. The van der Waals surface area contributed by atoms with E-state index in [1.54, 1.807) is 0 Å². The molecule has 0 bridgehead atoms. The van der Waals surface area contributed by atoms with E-state index in [0.29, 0.717) is 6.54 Å². The first-order chi connectivity index (χ1) is 5.63. The van der Waals surface area contributed by atoms with Gasteiger partial charge in [-0.3, -0.25) is 14.5 Å². The van der Waals surface area contributed by atoms with Crippen molar-refractivity contribution in [3.8, 4) is 0 Å². The Morgan fingerprint density at radius 1 is 1.42 bits per heavy atom. The molecule has 0 aliphatic heterocycles. The highest BCUT2D eigenvalue weighted by Crippen LogP contribution is 2.02. The highest BCUT2D eigenvalue weighted by Gasteiger charge is 2.17. The molecule has 0 radical (unpaired) electrons.